The number of allylic oxidation sites excluding steroid dienone is 4. The predicted molar refractivity (Wildman–Crippen MR) is 220 cm³/mol. The van der Waals surface area contributed by atoms with Gasteiger partial charge in [-0.15, -0.1) is 0 Å². The highest BCUT2D eigenvalue weighted by molar-refractivity contribution is 7.47. The van der Waals surface area contributed by atoms with Crippen LogP contribution in [-0.2, 0) is 32.7 Å². The number of hydrogen-bond donors (Lipinski definition) is 2. The van der Waals surface area contributed by atoms with Gasteiger partial charge in [-0.05, 0) is 44.9 Å². The minimum Gasteiger partial charge on any atom is -0.462 e. The minimum atomic E-state index is -4.37. The lowest BCUT2D eigenvalue weighted by atomic mass is 10.0. The van der Waals surface area contributed by atoms with Crippen LogP contribution in [0.15, 0.2) is 24.3 Å². The van der Waals surface area contributed by atoms with Crippen molar-refractivity contribution in [2.45, 2.75) is 213 Å². The van der Waals surface area contributed by atoms with E-state index in [0.717, 1.165) is 51.4 Å². The monoisotopic (exact) mass is 772 g/mol. The molecule has 0 amide bonds. The Labute approximate surface area is 325 Å². The Morgan fingerprint density at radius 2 is 0.981 bits per heavy atom. The van der Waals surface area contributed by atoms with E-state index in [0.29, 0.717) is 6.42 Å². The maximum atomic E-state index is 12.6. The number of esters is 2. The molecule has 0 aliphatic carbocycles. The first kappa shape index (κ1) is 51.5. The van der Waals surface area contributed by atoms with Crippen LogP contribution in [0, 0.1) is 0 Å². The molecule has 0 saturated carbocycles. The van der Waals surface area contributed by atoms with Gasteiger partial charge in [0.25, 0.3) is 0 Å². The van der Waals surface area contributed by atoms with Crippen molar-refractivity contribution in [2.24, 2.45) is 5.73 Å². The zero-order valence-corrected chi connectivity index (χ0v) is 35.2. The number of phosphoric ester groups is 1. The van der Waals surface area contributed by atoms with Gasteiger partial charge in [0, 0.05) is 19.4 Å². The van der Waals surface area contributed by atoms with Crippen molar-refractivity contribution in [1.82, 2.24) is 0 Å². The van der Waals surface area contributed by atoms with E-state index < -0.39 is 26.5 Å². The molecule has 9 nitrogen and oxygen atoms in total. The third kappa shape index (κ3) is 40.0. The first-order valence-corrected chi connectivity index (χ1v) is 23.3. The van der Waals surface area contributed by atoms with Crippen LogP contribution in [0.2, 0.25) is 0 Å². The first-order valence-electron chi connectivity index (χ1n) is 21.8. The molecule has 0 rings (SSSR count). The SMILES string of the molecule is CCCCC/C=C/C/C=C/CCCCCCCCCC(=O)OC[C@H](COP(=O)(O)OCCN)OC(=O)CCCCCCCCCCCCCCCCC. The van der Waals surface area contributed by atoms with Crippen LogP contribution in [0.4, 0.5) is 0 Å². The molecule has 0 aliphatic rings. The number of carbonyl (C=O) groups is 2. The first-order chi connectivity index (χ1) is 25.8. The minimum absolute atomic E-state index is 0.0539. The molecule has 0 radical (unpaired) electrons. The molecule has 3 N–H and O–H groups in total. The van der Waals surface area contributed by atoms with Crippen LogP contribution >= 0.6 is 7.82 Å². The molecule has 0 fully saturated rings. The largest absolute Gasteiger partial charge is 0.472 e. The lowest BCUT2D eigenvalue weighted by Gasteiger charge is -2.19. The normalized spacial score (nSPS) is 13.5. The second-order valence-corrected chi connectivity index (χ2v) is 16.0. The van der Waals surface area contributed by atoms with Crippen LogP contribution in [0.5, 0.6) is 0 Å². The van der Waals surface area contributed by atoms with Crippen molar-refractivity contribution in [1.29, 1.82) is 0 Å². The van der Waals surface area contributed by atoms with Crippen LogP contribution in [-0.4, -0.2) is 49.3 Å². The highest BCUT2D eigenvalue weighted by Gasteiger charge is 2.26. The van der Waals surface area contributed by atoms with Crippen molar-refractivity contribution in [3.63, 3.8) is 0 Å². The fourth-order valence-electron chi connectivity index (χ4n) is 6.08. The summed E-state index contributed by atoms with van der Waals surface area (Å²) in [6, 6.07) is 0. The molecule has 2 atom stereocenters. The average molecular weight is 772 g/mol. The van der Waals surface area contributed by atoms with Crippen molar-refractivity contribution in [3.8, 4) is 0 Å². The molecule has 53 heavy (non-hydrogen) atoms. The van der Waals surface area contributed by atoms with E-state index in [1.165, 1.54) is 122 Å². The van der Waals surface area contributed by atoms with Crippen molar-refractivity contribution in [3.05, 3.63) is 24.3 Å². The molecule has 0 aromatic heterocycles. The summed E-state index contributed by atoms with van der Waals surface area (Å²) >= 11 is 0. The summed E-state index contributed by atoms with van der Waals surface area (Å²) in [5.41, 5.74) is 5.35. The molecule has 0 aliphatic heterocycles. The van der Waals surface area contributed by atoms with Gasteiger partial charge in [0.05, 0.1) is 13.2 Å². The maximum absolute atomic E-state index is 12.6. The summed E-state index contributed by atoms with van der Waals surface area (Å²) in [7, 11) is -4.37. The average Bonchev–Trinajstić information content (AvgIpc) is 3.14. The lowest BCUT2D eigenvalue weighted by molar-refractivity contribution is -0.161. The van der Waals surface area contributed by atoms with Crippen LogP contribution < -0.4 is 5.73 Å². The van der Waals surface area contributed by atoms with E-state index in [-0.39, 0.29) is 38.6 Å². The van der Waals surface area contributed by atoms with Gasteiger partial charge in [-0.3, -0.25) is 18.6 Å². The molecule has 312 valence electrons. The van der Waals surface area contributed by atoms with E-state index in [1.54, 1.807) is 0 Å². The topological polar surface area (TPSA) is 134 Å². The number of rotatable bonds is 41. The Balaban J connectivity index is 4.14. The highest BCUT2D eigenvalue weighted by atomic mass is 31.2. The fraction of sp³-hybridized carbons (Fsp3) is 0.860. The smallest absolute Gasteiger partial charge is 0.462 e. The van der Waals surface area contributed by atoms with Gasteiger partial charge in [-0.1, -0.05) is 173 Å². The van der Waals surface area contributed by atoms with E-state index in [2.05, 4.69) is 38.2 Å². The molecule has 0 aromatic carbocycles. The van der Waals surface area contributed by atoms with Crippen molar-refractivity contribution >= 4 is 19.8 Å². The van der Waals surface area contributed by atoms with Crippen LogP contribution in [0.3, 0.4) is 0 Å². The van der Waals surface area contributed by atoms with Gasteiger partial charge in [0.1, 0.15) is 6.61 Å². The zero-order valence-electron chi connectivity index (χ0n) is 34.3. The van der Waals surface area contributed by atoms with E-state index in [9.17, 15) is 19.0 Å². The van der Waals surface area contributed by atoms with Crippen LogP contribution in [0.25, 0.3) is 0 Å². The molecule has 1 unspecified atom stereocenters. The number of nitrogens with two attached hydrogens (primary N) is 1. The molecule has 0 bridgehead atoms. The lowest BCUT2D eigenvalue weighted by Crippen LogP contribution is -2.29. The van der Waals surface area contributed by atoms with Gasteiger partial charge in [0.15, 0.2) is 6.10 Å². The Kier molecular flexibility index (Phi) is 39.0. The number of unbranched alkanes of at least 4 members (excludes halogenated alkanes) is 24. The van der Waals surface area contributed by atoms with Crippen molar-refractivity contribution < 1.29 is 37.6 Å². The van der Waals surface area contributed by atoms with Gasteiger partial charge in [0.2, 0.25) is 0 Å². The third-order valence-electron chi connectivity index (χ3n) is 9.34. The number of ether oxygens (including phenoxy) is 2. The standard InChI is InChI=1S/C43H82NO8P/c1-3-5-7-9-11-13-15-17-19-20-22-23-25-27-29-31-33-35-42(45)49-39-41(40-51-53(47,48)50-38-37-44)52-43(46)36-34-32-30-28-26-24-21-18-16-14-12-10-8-6-4-2/h11,13,17,19,41H,3-10,12,14-16,18,20-40,44H2,1-2H3,(H,47,48)/b13-11+,19-17+/t41-/m1/s1. The Bertz CT molecular complexity index is 928. The quantitative estimate of drug-likeness (QED) is 0.0269. The van der Waals surface area contributed by atoms with Gasteiger partial charge >= 0.3 is 19.8 Å². The van der Waals surface area contributed by atoms with E-state index >= 15 is 0 Å². The Morgan fingerprint density at radius 1 is 0.566 bits per heavy atom. The summed E-state index contributed by atoms with van der Waals surface area (Å²) in [6.07, 6.45) is 42.0. The summed E-state index contributed by atoms with van der Waals surface area (Å²) in [6.45, 7) is 3.72. The van der Waals surface area contributed by atoms with E-state index in [1.807, 2.05) is 0 Å². The summed E-state index contributed by atoms with van der Waals surface area (Å²) in [4.78, 5) is 34.9. The summed E-state index contributed by atoms with van der Waals surface area (Å²) in [5, 5.41) is 0. The number of hydrogen-bond acceptors (Lipinski definition) is 8. The Morgan fingerprint density at radius 3 is 1.47 bits per heavy atom. The second-order valence-electron chi connectivity index (χ2n) is 14.6. The zero-order chi connectivity index (χ0) is 38.9. The molecule has 0 spiro atoms. The Hall–Kier alpha value is -1.51. The molecule has 10 heteroatoms. The van der Waals surface area contributed by atoms with Gasteiger partial charge in [-0.25, -0.2) is 4.57 Å². The molecular weight excluding hydrogens is 689 g/mol. The fourth-order valence-corrected chi connectivity index (χ4v) is 6.84. The highest BCUT2D eigenvalue weighted by Crippen LogP contribution is 2.43. The van der Waals surface area contributed by atoms with Gasteiger partial charge in [-0.2, -0.15) is 0 Å². The maximum Gasteiger partial charge on any atom is 0.472 e. The molecular formula is C43H82NO8P. The van der Waals surface area contributed by atoms with Crippen molar-refractivity contribution in [2.75, 3.05) is 26.4 Å². The number of carbonyl (C=O) groups excluding carboxylic acids is 2. The molecule has 0 heterocycles. The number of phosphoric acid groups is 1. The van der Waals surface area contributed by atoms with Crippen LogP contribution in [0.1, 0.15) is 206 Å². The molecule has 0 aromatic rings. The second kappa shape index (κ2) is 40.2. The molecule has 0 saturated heterocycles. The predicted octanol–water partition coefficient (Wildman–Crippen LogP) is 12.4. The van der Waals surface area contributed by atoms with E-state index in [4.69, 9.17) is 24.3 Å². The summed E-state index contributed by atoms with van der Waals surface area (Å²) in [5.74, 6) is -0.830. The third-order valence-corrected chi connectivity index (χ3v) is 10.3. The van der Waals surface area contributed by atoms with Gasteiger partial charge < -0.3 is 20.1 Å². The summed E-state index contributed by atoms with van der Waals surface area (Å²) < 4.78 is 32.8.